The van der Waals surface area contributed by atoms with Crippen LogP contribution in [0.4, 0.5) is 11.4 Å². The Kier molecular flexibility index (Phi) is 6.34. The highest BCUT2D eigenvalue weighted by Crippen LogP contribution is 2.45. The SMILES string of the molecule is Cc1ccc([C@@H]2[C@H](c3ccccn3)NC(=S)N2c2ccc(N3C[C@@H](C)C[C@H](C)C3)c(Cl)c2)s1. The lowest BCUT2D eigenvalue weighted by atomic mass is 9.91. The van der Waals surface area contributed by atoms with E-state index >= 15 is 0 Å². The van der Waals surface area contributed by atoms with Gasteiger partial charge in [-0.1, -0.05) is 31.5 Å². The van der Waals surface area contributed by atoms with E-state index in [2.05, 4.69) is 77.3 Å². The maximum Gasteiger partial charge on any atom is 0.174 e. The first-order chi connectivity index (χ1) is 15.9. The molecule has 5 rings (SSSR count). The Morgan fingerprint density at radius 3 is 2.52 bits per heavy atom. The van der Waals surface area contributed by atoms with Crippen LogP contribution in [0.25, 0.3) is 0 Å². The molecule has 2 saturated heterocycles. The summed E-state index contributed by atoms with van der Waals surface area (Å²) in [6.07, 6.45) is 3.11. The predicted octanol–water partition coefficient (Wildman–Crippen LogP) is 6.76. The molecular formula is C26H29ClN4S2. The fraction of sp³-hybridized carbons (Fsp3) is 0.385. The zero-order valence-corrected chi connectivity index (χ0v) is 21.6. The largest absolute Gasteiger partial charge is 0.370 e. The van der Waals surface area contributed by atoms with Crippen molar-refractivity contribution in [1.82, 2.24) is 10.3 Å². The highest BCUT2D eigenvalue weighted by Gasteiger charge is 2.41. The van der Waals surface area contributed by atoms with E-state index in [0.29, 0.717) is 16.9 Å². The van der Waals surface area contributed by atoms with Crippen molar-refractivity contribution in [3.63, 3.8) is 0 Å². The molecule has 7 heteroatoms. The molecule has 0 aliphatic carbocycles. The number of aromatic nitrogens is 1. The number of nitrogens with zero attached hydrogens (tertiary/aromatic N) is 3. The number of aryl methyl sites for hydroxylation is 1. The molecule has 0 spiro atoms. The molecule has 3 aromatic rings. The van der Waals surface area contributed by atoms with E-state index in [4.69, 9.17) is 23.8 Å². The summed E-state index contributed by atoms with van der Waals surface area (Å²) < 4.78 is 0. The van der Waals surface area contributed by atoms with Crippen molar-refractivity contribution in [2.45, 2.75) is 39.3 Å². The Morgan fingerprint density at radius 2 is 1.88 bits per heavy atom. The van der Waals surface area contributed by atoms with Crippen LogP contribution in [0, 0.1) is 18.8 Å². The van der Waals surface area contributed by atoms with Gasteiger partial charge in [0.15, 0.2) is 5.11 Å². The van der Waals surface area contributed by atoms with Gasteiger partial charge in [0.2, 0.25) is 0 Å². The van der Waals surface area contributed by atoms with Crippen molar-refractivity contribution in [3.05, 3.63) is 75.2 Å². The van der Waals surface area contributed by atoms with Crippen LogP contribution in [0.5, 0.6) is 0 Å². The fourth-order valence-electron chi connectivity index (χ4n) is 5.30. The molecule has 1 N–H and O–H groups in total. The van der Waals surface area contributed by atoms with E-state index in [1.807, 2.05) is 18.3 Å². The minimum atomic E-state index is -0.0287. The number of thiocarbonyl (C=S) groups is 1. The summed E-state index contributed by atoms with van der Waals surface area (Å²) in [4.78, 5) is 11.8. The van der Waals surface area contributed by atoms with Crippen molar-refractivity contribution in [2.24, 2.45) is 11.8 Å². The fourth-order valence-corrected chi connectivity index (χ4v) is 6.94. The molecule has 2 fully saturated rings. The minimum absolute atomic E-state index is 0.0167. The summed E-state index contributed by atoms with van der Waals surface area (Å²) in [5, 5.41) is 5.01. The third kappa shape index (κ3) is 4.48. The van der Waals surface area contributed by atoms with Crippen molar-refractivity contribution in [1.29, 1.82) is 0 Å². The first-order valence-electron chi connectivity index (χ1n) is 11.5. The Hall–Kier alpha value is -2.15. The molecule has 0 unspecified atom stereocenters. The van der Waals surface area contributed by atoms with Crippen LogP contribution >= 0.6 is 35.2 Å². The summed E-state index contributed by atoms with van der Waals surface area (Å²) >= 11 is 14.6. The summed E-state index contributed by atoms with van der Waals surface area (Å²) in [7, 11) is 0. The molecule has 0 amide bonds. The Balaban J connectivity index is 1.51. The second-order valence-electron chi connectivity index (χ2n) is 9.43. The summed E-state index contributed by atoms with van der Waals surface area (Å²) in [5.74, 6) is 1.34. The molecule has 4 heterocycles. The number of anilines is 2. The Morgan fingerprint density at radius 1 is 1.09 bits per heavy atom. The lowest BCUT2D eigenvalue weighted by Crippen LogP contribution is -2.38. The van der Waals surface area contributed by atoms with Crippen LogP contribution in [0.3, 0.4) is 0 Å². The third-order valence-corrected chi connectivity index (χ3v) is 8.26. The van der Waals surface area contributed by atoms with Gasteiger partial charge in [0.25, 0.3) is 0 Å². The number of hydrogen-bond acceptors (Lipinski definition) is 4. The van der Waals surface area contributed by atoms with Crippen molar-refractivity contribution in [3.8, 4) is 0 Å². The number of halogens is 1. The number of thiophene rings is 1. The second-order valence-corrected chi connectivity index (χ2v) is 11.5. The lowest BCUT2D eigenvalue weighted by molar-refractivity contribution is 0.357. The van der Waals surface area contributed by atoms with Gasteiger partial charge in [-0.15, -0.1) is 11.3 Å². The smallest absolute Gasteiger partial charge is 0.174 e. The lowest BCUT2D eigenvalue weighted by Gasteiger charge is -2.37. The zero-order chi connectivity index (χ0) is 23.1. The average molecular weight is 497 g/mol. The second kappa shape index (κ2) is 9.24. The normalized spacial score (nSPS) is 25.4. The van der Waals surface area contributed by atoms with E-state index in [0.717, 1.165) is 35.2 Å². The number of piperidine rings is 1. The highest BCUT2D eigenvalue weighted by atomic mass is 35.5. The van der Waals surface area contributed by atoms with E-state index in [9.17, 15) is 0 Å². The quantitative estimate of drug-likeness (QED) is 0.403. The average Bonchev–Trinajstić information content (AvgIpc) is 3.36. The van der Waals surface area contributed by atoms with Gasteiger partial charge in [0, 0.05) is 34.7 Å². The van der Waals surface area contributed by atoms with Crippen LogP contribution < -0.4 is 15.1 Å². The highest BCUT2D eigenvalue weighted by molar-refractivity contribution is 7.80. The molecule has 2 aromatic heterocycles. The predicted molar refractivity (Wildman–Crippen MR) is 144 cm³/mol. The van der Waals surface area contributed by atoms with Gasteiger partial charge in [-0.2, -0.15) is 0 Å². The topological polar surface area (TPSA) is 31.4 Å². The van der Waals surface area contributed by atoms with E-state index < -0.39 is 0 Å². The van der Waals surface area contributed by atoms with E-state index in [-0.39, 0.29) is 12.1 Å². The van der Waals surface area contributed by atoms with Crippen molar-refractivity contribution in [2.75, 3.05) is 22.9 Å². The molecule has 4 atom stereocenters. The molecular weight excluding hydrogens is 468 g/mol. The Bertz CT molecular complexity index is 1140. The van der Waals surface area contributed by atoms with Crippen LogP contribution in [-0.4, -0.2) is 23.2 Å². The molecule has 0 radical (unpaired) electrons. The number of benzene rings is 1. The van der Waals surface area contributed by atoms with Gasteiger partial charge in [0.1, 0.15) is 0 Å². The first-order valence-corrected chi connectivity index (χ1v) is 13.1. The summed E-state index contributed by atoms with van der Waals surface area (Å²) in [5.41, 5.74) is 3.10. The van der Waals surface area contributed by atoms with Crippen molar-refractivity contribution >= 4 is 51.6 Å². The van der Waals surface area contributed by atoms with Gasteiger partial charge < -0.3 is 15.1 Å². The summed E-state index contributed by atoms with van der Waals surface area (Å²) in [6, 6.07) is 16.8. The molecule has 33 heavy (non-hydrogen) atoms. The van der Waals surface area contributed by atoms with Gasteiger partial charge in [-0.3, -0.25) is 4.98 Å². The third-order valence-electron chi connectivity index (χ3n) is 6.57. The minimum Gasteiger partial charge on any atom is -0.370 e. The monoisotopic (exact) mass is 496 g/mol. The van der Waals surface area contributed by atoms with Crippen LogP contribution in [0.2, 0.25) is 5.02 Å². The van der Waals surface area contributed by atoms with Crippen LogP contribution in [0.15, 0.2) is 54.7 Å². The number of rotatable bonds is 4. The van der Waals surface area contributed by atoms with E-state index in [1.54, 1.807) is 11.3 Å². The van der Waals surface area contributed by atoms with Gasteiger partial charge in [0.05, 0.1) is 28.5 Å². The molecule has 2 aliphatic rings. The molecule has 0 saturated carbocycles. The maximum atomic E-state index is 6.89. The molecule has 172 valence electrons. The zero-order valence-electron chi connectivity index (χ0n) is 19.2. The number of pyridine rings is 1. The van der Waals surface area contributed by atoms with Gasteiger partial charge in [-0.05, 0) is 79.9 Å². The number of nitrogens with one attached hydrogen (secondary N) is 1. The van der Waals surface area contributed by atoms with Gasteiger partial charge >= 0.3 is 0 Å². The molecule has 4 nitrogen and oxygen atoms in total. The van der Waals surface area contributed by atoms with E-state index in [1.165, 1.54) is 16.2 Å². The standard InChI is InChI=1S/C26H29ClN4S2/c1-16-12-17(2)15-30(14-16)22-9-8-19(13-20(22)27)31-25(23-10-7-18(3)33-23)24(29-26(31)32)21-6-4-5-11-28-21/h4-11,13,16-17,24-25H,12,14-15H2,1-3H3,(H,29,32)/t16-,17-,24-,25+/m0/s1. The molecule has 2 aliphatic heterocycles. The van der Waals surface area contributed by atoms with Gasteiger partial charge in [-0.25, -0.2) is 0 Å². The van der Waals surface area contributed by atoms with Crippen LogP contribution in [-0.2, 0) is 0 Å². The molecule has 1 aromatic carbocycles. The van der Waals surface area contributed by atoms with Crippen LogP contribution in [0.1, 0.15) is 47.8 Å². The van der Waals surface area contributed by atoms with Crippen molar-refractivity contribution < 1.29 is 0 Å². The maximum absolute atomic E-state index is 6.89. The number of hydrogen-bond donors (Lipinski definition) is 1. The molecule has 0 bridgehead atoms. The summed E-state index contributed by atoms with van der Waals surface area (Å²) in [6.45, 7) is 8.88. The Labute approximate surface area is 210 Å². The first kappa shape index (κ1) is 22.6.